The van der Waals surface area contributed by atoms with Gasteiger partial charge in [-0.25, -0.2) is 4.98 Å². The normalized spacial score (nSPS) is 13.9. The van der Waals surface area contributed by atoms with Gasteiger partial charge in [0.05, 0.1) is 25.3 Å². The van der Waals surface area contributed by atoms with E-state index in [1.807, 2.05) is 48.5 Å². The third-order valence-electron chi connectivity index (χ3n) is 5.27. The Balaban J connectivity index is 1.38. The van der Waals surface area contributed by atoms with Crippen molar-refractivity contribution in [1.29, 1.82) is 0 Å². The molecule has 0 radical (unpaired) electrons. The van der Waals surface area contributed by atoms with Gasteiger partial charge in [0.15, 0.2) is 0 Å². The zero-order valence-electron chi connectivity index (χ0n) is 17.2. The molecule has 2 aromatic heterocycles. The average molecular weight is 431 g/mol. The predicted octanol–water partition coefficient (Wildman–Crippen LogP) is 3.74. The van der Waals surface area contributed by atoms with Crippen LogP contribution in [0.25, 0.3) is 22.4 Å². The fraction of sp³-hybridized carbons (Fsp3) is 0.208. The number of para-hydroxylation sites is 1. The third-order valence-corrected chi connectivity index (χ3v) is 5.27. The van der Waals surface area contributed by atoms with Crippen molar-refractivity contribution in [1.82, 2.24) is 9.88 Å². The molecular formula is C24H21N3O5. The van der Waals surface area contributed by atoms with Gasteiger partial charge < -0.3 is 23.8 Å². The summed E-state index contributed by atoms with van der Waals surface area (Å²) in [7, 11) is 0. The second kappa shape index (κ2) is 8.68. The number of fused-ring (bicyclic) bond motifs is 1. The van der Waals surface area contributed by atoms with Crippen LogP contribution >= 0.6 is 0 Å². The number of amides is 2. The van der Waals surface area contributed by atoms with E-state index < -0.39 is 0 Å². The summed E-state index contributed by atoms with van der Waals surface area (Å²) in [4.78, 5) is 32.0. The minimum atomic E-state index is -0.319. The summed E-state index contributed by atoms with van der Waals surface area (Å²) >= 11 is 0. The van der Waals surface area contributed by atoms with E-state index in [9.17, 15) is 9.59 Å². The van der Waals surface area contributed by atoms with Crippen LogP contribution in [0.5, 0.6) is 0 Å². The predicted molar refractivity (Wildman–Crippen MR) is 117 cm³/mol. The number of morpholine rings is 1. The Bertz CT molecular complexity index is 1260. The van der Waals surface area contributed by atoms with Gasteiger partial charge in [-0.3, -0.25) is 9.59 Å². The number of benzene rings is 2. The molecule has 0 bridgehead atoms. The molecule has 5 rings (SSSR count). The molecule has 8 nitrogen and oxygen atoms in total. The van der Waals surface area contributed by atoms with Crippen molar-refractivity contribution in [3.05, 3.63) is 72.3 Å². The van der Waals surface area contributed by atoms with Crippen LogP contribution in [0.2, 0.25) is 0 Å². The van der Waals surface area contributed by atoms with E-state index in [1.54, 1.807) is 11.0 Å². The summed E-state index contributed by atoms with van der Waals surface area (Å²) in [5.74, 6) is -0.0231. The molecule has 1 saturated heterocycles. The highest BCUT2D eigenvalue weighted by Gasteiger charge is 2.27. The van der Waals surface area contributed by atoms with Gasteiger partial charge in [0.2, 0.25) is 17.6 Å². The summed E-state index contributed by atoms with van der Waals surface area (Å²) in [5.41, 5.74) is 2.23. The molecule has 32 heavy (non-hydrogen) atoms. The van der Waals surface area contributed by atoms with Gasteiger partial charge in [-0.05, 0) is 24.3 Å². The minimum absolute atomic E-state index is 0.00102. The van der Waals surface area contributed by atoms with E-state index in [0.717, 1.165) is 5.56 Å². The lowest BCUT2D eigenvalue weighted by atomic mass is 10.2. The lowest BCUT2D eigenvalue weighted by molar-refractivity contribution is -0.115. The smallest absolute Gasteiger partial charge is 0.291 e. The van der Waals surface area contributed by atoms with Crippen LogP contribution in [0, 0.1) is 0 Å². The van der Waals surface area contributed by atoms with Gasteiger partial charge in [-0.1, -0.05) is 30.3 Å². The number of anilines is 1. The van der Waals surface area contributed by atoms with E-state index in [1.165, 1.54) is 6.26 Å². The average Bonchev–Trinajstić information content (AvgIpc) is 3.45. The summed E-state index contributed by atoms with van der Waals surface area (Å²) < 4.78 is 16.7. The van der Waals surface area contributed by atoms with Crippen molar-refractivity contribution in [3.63, 3.8) is 0 Å². The third kappa shape index (κ3) is 4.00. The number of rotatable bonds is 5. The van der Waals surface area contributed by atoms with Crippen molar-refractivity contribution in [2.45, 2.75) is 6.42 Å². The van der Waals surface area contributed by atoms with E-state index in [2.05, 4.69) is 10.3 Å². The first kappa shape index (κ1) is 20.0. The van der Waals surface area contributed by atoms with Gasteiger partial charge in [0, 0.05) is 24.0 Å². The number of carbonyl (C=O) groups is 2. The molecule has 0 spiro atoms. The fourth-order valence-corrected chi connectivity index (χ4v) is 3.68. The number of aromatic nitrogens is 1. The Morgan fingerprint density at radius 3 is 2.56 bits per heavy atom. The minimum Gasteiger partial charge on any atom is -0.449 e. The highest BCUT2D eigenvalue weighted by atomic mass is 16.5. The highest BCUT2D eigenvalue weighted by molar-refractivity contribution is 6.11. The number of furan rings is 1. The molecule has 0 aliphatic carbocycles. The van der Waals surface area contributed by atoms with Crippen molar-refractivity contribution >= 4 is 28.5 Å². The van der Waals surface area contributed by atoms with Crippen molar-refractivity contribution in [3.8, 4) is 11.5 Å². The molecule has 2 aromatic carbocycles. The quantitative estimate of drug-likeness (QED) is 0.517. The van der Waals surface area contributed by atoms with Gasteiger partial charge in [-0.2, -0.15) is 0 Å². The summed E-state index contributed by atoms with van der Waals surface area (Å²) in [6.07, 6.45) is 1.47. The summed E-state index contributed by atoms with van der Waals surface area (Å²) in [6, 6.07) is 16.7. The van der Waals surface area contributed by atoms with Crippen LogP contribution < -0.4 is 5.32 Å². The number of nitrogens with zero attached hydrogens (tertiary/aromatic N) is 2. The summed E-state index contributed by atoms with van der Waals surface area (Å²) in [6.45, 7) is 1.90. The van der Waals surface area contributed by atoms with Crippen LogP contribution in [0.4, 0.5) is 5.69 Å². The molecule has 1 fully saturated rings. The van der Waals surface area contributed by atoms with Crippen LogP contribution in [-0.2, 0) is 16.0 Å². The molecule has 0 saturated carbocycles. The van der Waals surface area contributed by atoms with E-state index in [0.29, 0.717) is 54.5 Å². The molecule has 4 aromatic rings. The first-order valence-electron chi connectivity index (χ1n) is 10.4. The largest absolute Gasteiger partial charge is 0.449 e. The number of carbonyl (C=O) groups excluding carboxylic acids is 2. The second-order valence-corrected chi connectivity index (χ2v) is 7.44. The Labute approximate surface area is 183 Å². The van der Waals surface area contributed by atoms with Crippen molar-refractivity contribution < 1.29 is 23.2 Å². The summed E-state index contributed by atoms with van der Waals surface area (Å²) in [5, 5.41) is 3.53. The molecule has 0 atom stereocenters. The maximum atomic E-state index is 13.1. The van der Waals surface area contributed by atoms with Gasteiger partial charge >= 0.3 is 0 Å². The molecule has 0 unspecified atom stereocenters. The number of nitrogens with one attached hydrogen (secondary N) is 1. The maximum absolute atomic E-state index is 13.1. The Kier molecular flexibility index (Phi) is 5.43. The van der Waals surface area contributed by atoms with Gasteiger partial charge in [0.1, 0.15) is 17.5 Å². The molecule has 1 aliphatic heterocycles. The second-order valence-electron chi connectivity index (χ2n) is 7.44. The zero-order valence-corrected chi connectivity index (χ0v) is 17.2. The van der Waals surface area contributed by atoms with Gasteiger partial charge in [0.25, 0.3) is 5.91 Å². The monoisotopic (exact) mass is 431 g/mol. The van der Waals surface area contributed by atoms with Crippen molar-refractivity contribution in [2.75, 3.05) is 31.6 Å². The maximum Gasteiger partial charge on any atom is 0.291 e. The number of ether oxygens (including phenoxy) is 1. The Morgan fingerprint density at radius 1 is 1.00 bits per heavy atom. The van der Waals surface area contributed by atoms with E-state index >= 15 is 0 Å². The molecule has 8 heteroatoms. The number of oxazole rings is 1. The van der Waals surface area contributed by atoms with Crippen molar-refractivity contribution in [2.24, 2.45) is 0 Å². The molecule has 3 heterocycles. The van der Waals surface area contributed by atoms with Crippen LogP contribution in [0.1, 0.15) is 16.2 Å². The van der Waals surface area contributed by atoms with Crippen LogP contribution in [-0.4, -0.2) is 48.0 Å². The van der Waals surface area contributed by atoms with Crippen LogP contribution in [0.3, 0.4) is 0 Å². The lowest BCUT2D eigenvalue weighted by Crippen LogP contribution is -2.40. The number of hydrogen-bond donors (Lipinski definition) is 1. The first-order chi connectivity index (χ1) is 15.7. The Morgan fingerprint density at radius 2 is 1.75 bits per heavy atom. The Hall–Kier alpha value is -3.91. The standard InChI is InChI=1S/C24H21N3O5/c28-20(14-17-15-31-23(25-17)16-6-2-1-3-7-16)26-21-18-8-4-5-9-19(18)32-22(21)24(29)27-10-12-30-13-11-27/h1-9,15H,10-14H2,(H,26,28). The molecule has 2 amide bonds. The SMILES string of the molecule is O=C(Cc1coc(-c2ccccc2)n1)Nc1c(C(=O)N2CCOCC2)oc2ccccc12. The lowest BCUT2D eigenvalue weighted by Gasteiger charge is -2.26. The molecule has 162 valence electrons. The van der Waals surface area contributed by atoms with Gasteiger partial charge in [-0.15, -0.1) is 0 Å². The van der Waals surface area contributed by atoms with Crippen LogP contribution in [0.15, 0.2) is 69.7 Å². The fourth-order valence-electron chi connectivity index (χ4n) is 3.68. The molecule has 1 aliphatic rings. The zero-order chi connectivity index (χ0) is 21.9. The molecule has 1 N–H and O–H groups in total. The highest BCUT2D eigenvalue weighted by Crippen LogP contribution is 2.32. The number of hydrogen-bond acceptors (Lipinski definition) is 6. The topological polar surface area (TPSA) is 97.8 Å². The molecular weight excluding hydrogens is 410 g/mol. The van der Waals surface area contributed by atoms with E-state index in [-0.39, 0.29) is 24.0 Å². The van der Waals surface area contributed by atoms with E-state index in [4.69, 9.17) is 13.6 Å². The first-order valence-corrected chi connectivity index (χ1v) is 10.4.